The van der Waals surface area contributed by atoms with Gasteiger partial charge in [-0.15, -0.1) is 0 Å². The molecule has 2 rings (SSSR count). The smallest absolute Gasteiger partial charge is 0.0571 e. The highest BCUT2D eigenvalue weighted by atomic mass is 79.9. The molecule has 1 atom stereocenters. The third-order valence-corrected chi connectivity index (χ3v) is 5.43. The average Bonchev–Trinajstić information content (AvgIpc) is 2.39. The second-order valence-corrected chi connectivity index (χ2v) is 6.91. The van der Waals surface area contributed by atoms with Crippen LogP contribution in [-0.2, 0) is 6.42 Å². The zero-order chi connectivity index (χ0) is 13.0. The van der Waals surface area contributed by atoms with Crippen molar-refractivity contribution in [3.63, 3.8) is 0 Å². The van der Waals surface area contributed by atoms with Gasteiger partial charge in [0.25, 0.3) is 0 Å². The van der Waals surface area contributed by atoms with E-state index in [0.29, 0.717) is 5.92 Å². The van der Waals surface area contributed by atoms with Gasteiger partial charge in [-0.1, -0.05) is 57.2 Å². The summed E-state index contributed by atoms with van der Waals surface area (Å²) < 4.78 is 2.26. The molecule has 0 aromatic heterocycles. The van der Waals surface area contributed by atoms with Crippen LogP contribution in [0.4, 0.5) is 0 Å². The summed E-state index contributed by atoms with van der Waals surface area (Å²) in [7, 11) is 0. The van der Waals surface area contributed by atoms with Gasteiger partial charge in [-0.3, -0.25) is 0 Å². The minimum absolute atomic E-state index is 0. The summed E-state index contributed by atoms with van der Waals surface area (Å²) in [5, 5.41) is 10.3. The van der Waals surface area contributed by atoms with Gasteiger partial charge in [-0.25, -0.2) is 0 Å². The molecule has 1 aliphatic rings. The predicted octanol–water partition coefficient (Wildman–Crippen LogP) is 5.20. The maximum absolute atomic E-state index is 10.3. The molecule has 0 bridgehead atoms. The van der Waals surface area contributed by atoms with Crippen LogP contribution in [0.1, 0.15) is 44.1 Å². The molecule has 0 spiro atoms. The minimum Gasteiger partial charge on any atom is -0.393 e. The highest BCUT2D eigenvalue weighted by Crippen LogP contribution is 2.31. The molecule has 0 aliphatic heterocycles. The van der Waals surface area contributed by atoms with Crippen molar-refractivity contribution in [2.75, 3.05) is 0 Å². The predicted molar refractivity (Wildman–Crippen MR) is 93.1 cm³/mol. The average molecular weight is 410 g/mol. The third kappa shape index (κ3) is 5.07. The minimum atomic E-state index is -0.135. The molecule has 1 aromatic rings. The van der Waals surface area contributed by atoms with E-state index in [9.17, 15) is 5.11 Å². The molecule has 0 heterocycles. The Kier molecular flexibility index (Phi) is 8.04. The first-order chi connectivity index (χ1) is 8.68. The van der Waals surface area contributed by atoms with Crippen molar-refractivity contribution >= 4 is 45.4 Å². The van der Waals surface area contributed by atoms with E-state index in [0.717, 1.165) is 21.8 Å². The molecule has 1 fully saturated rings. The van der Waals surface area contributed by atoms with Crippen LogP contribution in [0.3, 0.4) is 0 Å². The van der Waals surface area contributed by atoms with Gasteiger partial charge in [0.1, 0.15) is 0 Å². The Morgan fingerprint density at radius 3 is 2.26 bits per heavy atom. The Morgan fingerprint density at radius 2 is 1.68 bits per heavy atom. The zero-order valence-corrected chi connectivity index (χ0v) is 15.2. The summed E-state index contributed by atoms with van der Waals surface area (Å²) in [6, 6.07) is 6.15. The molecular weight excluding hydrogens is 388 g/mol. The largest absolute Gasteiger partial charge is 0.393 e. The van der Waals surface area contributed by atoms with Gasteiger partial charge in [-0.2, -0.15) is 13.5 Å². The third-order valence-electron chi connectivity index (χ3n) is 3.95. The second-order valence-electron chi connectivity index (χ2n) is 5.20. The highest BCUT2D eigenvalue weighted by molar-refractivity contribution is 9.11. The van der Waals surface area contributed by atoms with E-state index < -0.39 is 0 Å². The maximum atomic E-state index is 10.3. The second kappa shape index (κ2) is 8.71. The number of halogens is 2. The van der Waals surface area contributed by atoms with Crippen LogP contribution in [0.2, 0.25) is 0 Å². The lowest BCUT2D eigenvalue weighted by Crippen LogP contribution is -2.23. The van der Waals surface area contributed by atoms with Gasteiger partial charge >= 0.3 is 0 Å². The number of hydrogen-bond donors (Lipinski definition) is 1. The van der Waals surface area contributed by atoms with Crippen LogP contribution in [0.15, 0.2) is 27.1 Å². The Labute approximate surface area is 139 Å². The fourth-order valence-electron chi connectivity index (χ4n) is 2.82. The molecule has 19 heavy (non-hydrogen) atoms. The number of hydrogen-bond acceptors (Lipinski definition) is 1. The summed E-state index contributed by atoms with van der Waals surface area (Å²) in [4.78, 5) is 0. The van der Waals surface area contributed by atoms with Gasteiger partial charge in [0.2, 0.25) is 0 Å². The van der Waals surface area contributed by atoms with Crippen LogP contribution in [-0.4, -0.2) is 11.2 Å². The number of benzene rings is 1. The maximum Gasteiger partial charge on any atom is 0.0571 e. The summed E-state index contributed by atoms with van der Waals surface area (Å²) in [6.07, 6.45) is 8.01. The van der Waals surface area contributed by atoms with Crippen molar-refractivity contribution in [2.24, 2.45) is 5.92 Å². The van der Waals surface area contributed by atoms with Crippen molar-refractivity contribution in [1.29, 1.82) is 0 Å². The summed E-state index contributed by atoms with van der Waals surface area (Å²) in [5.41, 5.74) is 1.27. The van der Waals surface area contributed by atoms with Crippen LogP contribution in [0.5, 0.6) is 0 Å². The van der Waals surface area contributed by atoms with Crippen molar-refractivity contribution < 1.29 is 5.11 Å². The molecule has 108 valence electrons. The lowest BCUT2D eigenvalue weighted by Gasteiger charge is -2.26. The molecule has 1 saturated carbocycles. The molecule has 1 unspecified atom stereocenters. The molecule has 1 N–H and O–H groups in total. The topological polar surface area (TPSA) is 20.2 Å². The van der Waals surface area contributed by atoms with Gasteiger partial charge in [0, 0.05) is 8.95 Å². The van der Waals surface area contributed by atoms with E-state index in [1.54, 1.807) is 0 Å². The van der Waals surface area contributed by atoms with E-state index in [1.165, 1.54) is 37.7 Å². The summed E-state index contributed by atoms with van der Waals surface area (Å²) >= 11 is 7.16. The Bertz CT molecular complexity index is 371. The number of aliphatic hydroxyl groups is 1. The van der Waals surface area contributed by atoms with Crippen LogP contribution in [0.25, 0.3) is 0 Å². The van der Waals surface area contributed by atoms with Crippen molar-refractivity contribution in [3.8, 4) is 0 Å². The van der Waals surface area contributed by atoms with E-state index in [1.807, 2.05) is 6.07 Å². The van der Waals surface area contributed by atoms with Gasteiger partial charge in [0.05, 0.1) is 6.10 Å². The van der Waals surface area contributed by atoms with Crippen molar-refractivity contribution in [2.45, 2.75) is 51.0 Å². The molecule has 4 heteroatoms. The molecular formula is C15H22Br2OS. The van der Waals surface area contributed by atoms with Gasteiger partial charge in [-0.05, 0) is 49.3 Å². The fourth-order valence-corrected chi connectivity index (χ4v) is 4.21. The Balaban J connectivity index is 0.00000180. The molecule has 1 nitrogen and oxygen atoms in total. The first-order valence-electron chi connectivity index (χ1n) is 6.79. The SMILES string of the molecule is OC(CCc1c(Br)cccc1Br)C1CCCCC1.S. The van der Waals surface area contributed by atoms with E-state index in [4.69, 9.17) is 0 Å². The first-order valence-corrected chi connectivity index (χ1v) is 8.38. The quantitative estimate of drug-likeness (QED) is 0.724. The molecule has 1 aromatic carbocycles. The summed E-state index contributed by atoms with van der Waals surface area (Å²) in [6.45, 7) is 0. The Morgan fingerprint density at radius 1 is 1.11 bits per heavy atom. The highest BCUT2D eigenvalue weighted by Gasteiger charge is 2.21. The molecule has 0 saturated heterocycles. The molecule has 0 radical (unpaired) electrons. The Hall–Kier alpha value is 0.490. The molecule has 1 aliphatic carbocycles. The number of aliphatic hydroxyl groups excluding tert-OH is 1. The van der Waals surface area contributed by atoms with E-state index in [-0.39, 0.29) is 19.6 Å². The van der Waals surface area contributed by atoms with Crippen molar-refractivity contribution in [3.05, 3.63) is 32.7 Å². The van der Waals surface area contributed by atoms with E-state index in [2.05, 4.69) is 44.0 Å². The number of rotatable bonds is 4. The lowest BCUT2D eigenvalue weighted by atomic mass is 9.83. The van der Waals surface area contributed by atoms with Crippen LogP contribution in [0, 0.1) is 5.92 Å². The zero-order valence-electron chi connectivity index (χ0n) is 11.0. The summed E-state index contributed by atoms with van der Waals surface area (Å²) in [5.74, 6) is 0.528. The van der Waals surface area contributed by atoms with Crippen LogP contribution < -0.4 is 0 Å². The van der Waals surface area contributed by atoms with Crippen LogP contribution >= 0.6 is 45.4 Å². The first kappa shape index (κ1) is 17.5. The van der Waals surface area contributed by atoms with Gasteiger partial charge in [0.15, 0.2) is 0 Å². The van der Waals surface area contributed by atoms with Crippen molar-refractivity contribution in [1.82, 2.24) is 0 Å². The van der Waals surface area contributed by atoms with Gasteiger partial charge < -0.3 is 5.11 Å². The van der Waals surface area contributed by atoms with E-state index >= 15 is 0 Å². The monoisotopic (exact) mass is 408 g/mol. The normalized spacial score (nSPS) is 17.8. The lowest BCUT2D eigenvalue weighted by molar-refractivity contribution is 0.0774. The standard InChI is InChI=1S/C15H20Br2O.H2S/c16-13-7-4-8-14(17)12(13)9-10-15(18)11-5-2-1-3-6-11;/h4,7-8,11,15,18H,1-3,5-6,9-10H2;1H2. The molecule has 0 amide bonds. The fraction of sp³-hybridized carbons (Fsp3) is 0.600.